The van der Waals surface area contributed by atoms with Crippen molar-refractivity contribution in [3.05, 3.63) is 28.2 Å². The minimum atomic E-state index is -0.103. The Hall–Kier alpha value is -1.74. The zero-order valence-corrected chi connectivity index (χ0v) is 14.7. The van der Waals surface area contributed by atoms with Gasteiger partial charge in [0, 0.05) is 11.6 Å². The predicted octanol–water partition coefficient (Wildman–Crippen LogP) is 3.05. The second kappa shape index (κ2) is 6.79. The lowest BCUT2D eigenvalue weighted by Gasteiger charge is -2.22. The van der Waals surface area contributed by atoms with Crippen LogP contribution in [0.4, 0.5) is 0 Å². The Bertz CT molecular complexity index is 643. The number of hydrogen-bond donors (Lipinski definition) is 1. The van der Waals surface area contributed by atoms with Crippen LogP contribution in [-0.2, 0) is 0 Å². The van der Waals surface area contributed by atoms with Gasteiger partial charge in [-0.25, -0.2) is 0 Å². The first kappa shape index (κ1) is 16.1. The lowest BCUT2D eigenvalue weighted by molar-refractivity contribution is 0.0928. The molecular weight excluding hydrogens is 358 g/mol. The Kier molecular flexibility index (Phi) is 4.76. The van der Waals surface area contributed by atoms with E-state index in [2.05, 4.69) is 27.4 Å². The first-order chi connectivity index (χ1) is 11.1. The van der Waals surface area contributed by atoms with Gasteiger partial charge in [0.25, 0.3) is 5.91 Å². The van der Waals surface area contributed by atoms with Gasteiger partial charge in [-0.05, 0) is 59.8 Å². The molecule has 2 saturated heterocycles. The zero-order valence-electron chi connectivity index (χ0n) is 13.1. The fraction of sp³-hybridized carbons (Fsp3) is 0.529. The zero-order chi connectivity index (χ0) is 16.4. The number of rotatable bonds is 5. The van der Waals surface area contributed by atoms with E-state index in [0.717, 1.165) is 30.2 Å². The number of benzene rings is 1. The second-order valence-corrected chi connectivity index (χ2v) is 6.97. The molecule has 6 heteroatoms. The summed E-state index contributed by atoms with van der Waals surface area (Å²) in [6, 6.07) is 5.90. The largest absolute Gasteiger partial charge is 0.492 e. The standard InChI is InChI=1S/C17H20BrN3O2/c1-2-7-23-16-8-11(3-5-13(16)18)17(22)20-14-9-12-4-6-15(14)21(12)10-19/h3,5,8,12,14-15H,2,4,6-7,9H2,1H3,(H,20,22)/t12-,14+,15+/m0/s1. The maximum atomic E-state index is 12.5. The van der Waals surface area contributed by atoms with Crippen molar-refractivity contribution in [2.24, 2.45) is 0 Å². The number of halogens is 1. The lowest BCUT2D eigenvalue weighted by atomic mass is 9.95. The van der Waals surface area contributed by atoms with Gasteiger partial charge < -0.3 is 15.0 Å². The molecule has 2 fully saturated rings. The third-order valence-electron chi connectivity index (χ3n) is 4.62. The molecule has 0 spiro atoms. The highest BCUT2D eigenvalue weighted by Crippen LogP contribution is 2.37. The molecule has 2 aliphatic rings. The van der Waals surface area contributed by atoms with Crippen molar-refractivity contribution < 1.29 is 9.53 Å². The Morgan fingerprint density at radius 3 is 3.04 bits per heavy atom. The Morgan fingerprint density at radius 2 is 2.35 bits per heavy atom. The summed E-state index contributed by atoms with van der Waals surface area (Å²) in [5.41, 5.74) is 0.589. The topological polar surface area (TPSA) is 65.4 Å². The van der Waals surface area contributed by atoms with Gasteiger partial charge in [0.15, 0.2) is 6.19 Å². The number of carbonyl (C=O) groups is 1. The van der Waals surface area contributed by atoms with Gasteiger partial charge in [0.2, 0.25) is 0 Å². The van der Waals surface area contributed by atoms with Crippen molar-refractivity contribution in [1.29, 1.82) is 5.26 Å². The molecule has 1 N–H and O–H groups in total. The van der Waals surface area contributed by atoms with Crippen molar-refractivity contribution in [3.63, 3.8) is 0 Å². The molecule has 0 saturated carbocycles. The summed E-state index contributed by atoms with van der Waals surface area (Å²) in [5, 5.41) is 12.3. The molecule has 3 atom stereocenters. The average molecular weight is 378 g/mol. The van der Waals surface area contributed by atoms with Crippen LogP contribution in [-0.4, -0.2) is 35.5 Å². The lowest BCUT2D eigenvalue weighted by Crippen LogP contribution is -2.43. The number of nitrogens with zero attached hydrogens (tertiary/aromatic N) is 2. The van der Waals surface area contributed by atoms with Gasteiger partial charge in [0.1, 0.15) is 5.75 Å². The van der Waals surface area contributed by atoms with Crippen molar-refractivity contribution >= 4 is 21.8 Å². The first-order valence-corrected chi connectivity index (χ1v) is 8.84. The molecule has 23 heavy (non-hydrogen) atoms. The molecule has 2 bridgehead atoms. The van der Waals surface area contributed by atoms with E-state index in [1.165, 1.54) is 0 Å². The minimum absolute atomic E-state index is 0.0598. The van der Waals surface area contributed by atoms with Crippen molar-refractivity contribution in [3.8, 4) is 11.9 Å². The van der Waals surface area contributed by atoms with E-state index < -0.39 is 0 Å². The minimum Gasteiger partial charge on any atom is -0.492 e. The first-order valence-electron chi connectivity index (χ1n) is 8.05. The van der Waals surface area contributed by atoms with Crippen LogP contribution in [0, 0.1) is 11.5 Å². The Balaban J connectivity index is 1.68. The molecule has 1 aromatic rings. The van der Waals surface area contributed by atoms with Crippen LogP contribution in [0.1, 0.15) is 43.0 Å². The highest BCUT2D eigenvalue weighted by molar-refractivity contribution is 9.10. The highest BCUT2D eigenvalue weighted by atomic mass is 79.9. The summed E-state index contributed by atoms with van der Waals surface area (Å²) in [5.74, 6) is 0.584. The molecule has 5 nitrogen and oxygen atoms in total. The number of fused-ring (bicyclic) bond motifs is 2. The van der Waals surface area contributed by atoms with E-state index >= 15 is 0 Å². The number of nitrogens with one attached hydrogen (secondary N) is 1. The van der Waals surface area contributed by atoms with Crippen molar-refractivity contribution in [1.82, 2.24) is 10.2 Å². The van der Waals surface area contributed by atoms with Gasteiger partial charge >= 0.3 is 0 Å². The summed E-state index contributed by atoms with van der Waals surface area (Å²) in [7, 11) is 0. The molecule has 1 amide bonds. The van der Waals surface area contributed by atoms with Gasteiger partial charge in [0.05, 0.1) is 23.2 Å². The van der Waals surface area contributed by atoms with E-state index in [0.29, 0.717) is 24.0 Å². The maximum Gasteiger partial charge on any atom is 0.251 e. The molecule has 0 unspecified atom stereocenters. The Labute approximate surface area is 144 Å². The number of hydrogen-bond acceptors (Lipinski definition) is 4. The van der Waals surface area contributed by atoms with Gasteiger partial charge in [-0.1, -0.05) is 6.92 Å². The molecule has 3 rings (SSSR count). The second-order valence-electron chi connectivity index (χ2n) is 6.12. The van der Waals surface area contributed by atoms with Crippen molar-refractivity contribution in [2.45, 2.75) is 50.7 Å². The van der Waals surface area contributed by atoms with Gasteiger partial charge in [-0.3, -0.25) is 4.79 Å². The summed E-state index contributed by atoms with van der Waals surface area (Å²) in [6.45, 7) is 2.66. The monoisotopic (exact) mass is 377 g/mol. The third-order valence-corrected chi connectivity index (χ3v) is 5.28. The van der Waals surface area contributed by atoms with Crippen molar-refractivity contribution in [2.75, 3.05) is 6.61 Å². The molecule has 0 aliphatic carbocycles. The van der Waals surface area contributed by atoms with Crippen LogP contribution in [0.2, 0.25) is 0 Å². The van der Waals surface area contributed by atoms with Crippen LogP contribution < -0.4 is 10.1 Å². The fourth-order valence-corrected chi connectivity index (χ4v) is 3.88. The van der Waals surface area contributed by atoms with Gasteiger partial charge in [-0.15, -0.1) is 0 Å². The van der Waals surface area contributed by atoms with Crippen LogP contribution in [0.15, 0.2) is 22.7 Å². The number of amides is 1. The smallest absolute Gasteiger partial charge is 0.251 e. The molecule has 0 radical (unpaired) electrons. The van der Waals surface area contributed by atoms with Crippen LogP contribution in [0.25, 0.3) is 0 Å². The third kappa shape index (κ3) is 3.16. The predicted molar refractivity (Wildman–Crippen MR) is 90.1 cm³/mol. The van der Waals surface area contributed by atoms with E-state index in [-0.39, 0.29) is 18.0 Å². The summed E-state index contributed by atoms with van der Waals surface area (Å²) in [6.07, 6.45) is 6.07. The van der Waals surface area contributed by atoms with Crippen LogP contribution in [0.3, 0.4) is 0 Å². The Morgan fingerprint density at radius 1 is 1.52 bits per heavy atom. The average Bonchev–Trinajstić information content (AvgIpc) is 3.10. The fourth-order valence-electron chi connectivity index (χ4n) is 3.52. The van der Waals surface area contributed by atoms with E-state index in [1.807, 2.05) is 17.9 Å². The highest BCUT2D eigenvalue weighted by Gasteiger charge is 2.46. The molecular formula is C17H20BrN3O2. The number of ether oxygens (including phenoxy) is 1. The number of nitriles is 1. The molecule has 122 valence electrons. The molecule has 2 aliphatic heterocycles. The normalized spacial score (nSPS) is 25.3. The summed E-state index contributed by atoms with van der Waals surface area (Å²) >= 11 is 3.44. The van der Waals surface area contributed by atoms with E-state index in [4.69, 9.17) is 4.74 Å². The van der Waals surface area contributed by atoms with Gasteiger partial charge in [-0.2, -0.15) is 5.26 Å². The van der Waals surface area contributed by atoms with Crippen LogP contribution in [0.5, 0.6) is 5.75 Å². The molecule has 2 heterocycles. The van der Waals surface area contributed by atoms with E-state index in [1.54, 1.807) is 12.1 Å². The van der Waals surface area contributed by atoms with Crippen LogP contribution >= 0.6 is 15.9 Å². The van der Waals surface area contributed by atoms with E-state index in [9.17, 15) is 10.1 Å². The SMILES string of the molecule is CCCOc1cc(C(=O)N[C@@H]2C[C@@H]3CC[C@H]2N3C#N)ccc1Br. The quantitative estimate of drug-likeness (QED) is 0.800. The molecule has 0 aromatic heterocycles. The summed E-state index contributed by atoms with van der Waals surface area (Å²) < 4.78 is 6.50. The molecule has 1 aromatic carbocycles. The summed E-state index contributed by atoms with van der Waals surface area (Å²) in [4.78, 5) is 14.4. The maximum absolute atomic E-state index is 12.5. The number of carbonyl (C=O) groups excluding carboxylic acids is 1.